The number of benzene rings is 2. The maximum Gasteiger partial charge on any atom is 0.410 e. The lowest BCUT2D eigenvalue weighted by atomic mass is 9.90. The standard InChI is InChI=1S/C38H42N4O5S/c1-37(2,3)47-36(44)41-20-17-32(25-41)27-9-11-28(12-10-27)33-22-30-18-21-42(34(30)39-24-33)48(45,46)38(4)19-7-8-31(23-38)26-13-15-29(16-14-26)35(43)40(5)6/h7-16,18-19,21-22,24,32H,17,20,23,25H2,1-6H3. The van der Waals surface area contributed by atoms with Crippen LogP contribution in [0.15, 0.2) is 91.3 Å². The van der Waals surface area contributed by atoms with Gasteiger partial charge in [-0.2, -0.15) is 0 Å². The van der Waals surface area contributed by atoms with Crippen molar-refractivity contribution in [1.82, 2.24) is 18.8 Å². The van der Waals surface area contributed by atoms with Crippen LogP contribution >= 0.6 is 0 Å². The average Bonchev–Trinajstić information content (AvgIpc) is 3.72. The summed E-state index contributed by atoms with van der Waals surface area (Å²) in [5.41, 5.74) is 5.20. The van der Waals surface area contributed by atoms with Gasteiger partial charge in [0, 0.05) is 62.0 Å². The minimum Gasteiger partial charge on any atom is -0.444 e. The van der Waals surface area contributed by atoms with E-state index in [9.17, 15) is 18.0 Å². The van der Waals surface area contributed by atoms with Gasteiger partial charge in [-0.3, -0.25) is 4.79 Å². The first-order chi connectivity index (χ1) is 22.6. The first-order valence-corrected chi connectivity index (χ1v) is 17.6. The van der Waals surface area contributed by atoms with Crippen molar-refractivity contribution in [3.05, 3.63) is 108 Å². The molecule has 0 saturated carbocycles. The van der Waals surface area contributed by atoms with Crippen LogP contribution < -0.4 is 0 Å². The highest BCUT2D eigenvalue weighted by Crippen LogP contribution is 2.38. The molecule has 2 aromatic heterocycles. The number of likely N-dealkylation sites (tertiary alicyclic amines) is 1. The van der Waals surface area contributed by atoms with Gasteiger partial charge in [0.1, 0.15) is 10.3 Å². The zero-order chi connectivity index (χ0) is 34.4. The molecule has 2 aromatic carbocycles. The number of nitrogens with zero attached hydrogens (tertiary/aromatic N) is 4. The van der Waals surface area contributed by atoms with Crippen LogP contribution in [0.1, 0.15) is 67.9 Å². The number of carbonyl (C=O) groups excluding carboxylic acids is 2. The second-order valence-electron chi connectivity index (χ2n) is 14.1. The summed E-state index contributed by atoms with van der Waals surface area (Å²) in [5, 5.41) is 0.726. The second-order valence-corrected chi connectivity index (χ2v) is 16.4. The molecule has 250 valence electrons. The van der Waals surface area contributed by atoms with Crippen LogP contribution in [0.5, 0.6) is 0 Å². The molecule has 0 N–H and O–H groups in total. The molecule has 2 aliphatic rings. The summed E-state index contributed by atoms with van der Waals surface area (Å²) in [5.74, 6) is 0.152. The lowest BCUT2D eigenvalue weighted by Crippen LogP contribution is -2.38. The number of amides is 2. The molecule has 2 unspecified atom stereocenters. The third kappa shape index (κ3) is 6.41. The molecule has 2 atom stereocenters. The Balaban J connectivity index is 1.18. The molecular formula is C38H42N4O5S. The first-order valence-electron chi connectivity index (χ1n) is 16.2. The van der Waals surface area contributed by atoms with Gasteiger partial charge in [-0.1, -0.05) is 54.6 Å². The van der Waals surface area contributed by atoms with Crippen LogP contribution in [0, 0.1) is 0 Å². The van der Waals surface area contributed by atoms with E-state index in [1.807, 2.05) is 57.2 Å². The Bertz CT molecular complexity index is 2040. The third-order valence-corrected chi connectivity index (χ3v) is 11.4. The monoisotopic (exact) mass is 666 g/mol. The van der Waals surface area contributed by atoms with E-state index in [1.54, 1.807) is 68.7 Å². The van der Waals surface area contributed by atoms with Gasteiger partial charge < -0.3 is 14.5 Å². The summed E-state index contributed by atoms with van der Waals surface area (Å²) < 4.78 is 34.0. The zero-order valence-electron chi connectivity index (χ0n) is 28.3. The van der Waals surface area contributed by atoms with Gasteiger partial charge >= 0.3 is 6.09 Å². The van der Waals surface area contributed by atoms with Gasteiger partial charge in [-0.25, -0.2) is 22.2 Å². The van der Waals surface area contributed by atoms with Crippen molar-refractivity contribution in [1.29, 1.82) is 0 Å². The molecule has 1 saturated heterocycles. The molecule has 1 aliphatic carbocycles. The molecule has 1 aliphatic heterocycles. The van der Waals surface area contributed by atoms with Crippen molar-refractivity contribution in [3.63, 3.8) is 0 Å². The van der Waals surface area contributed by atoms with Crippen molar-refractivity contribution >= 4 is 38.6 Å². The van der Waals surface area contributed by atoms with E-state index < -0.39 is 20.4 Å². The highest BCUT2D eigenvalue weighted by molar-refractivity contribution is 7.91. The van der Waals surface area contributed by atoms with Gasteiger partial charge in [0.15, 0.2) is 5.65 Å². The van der Waals surface area contributed by atoms with Gasteiger partial charge in [0.25, 0.3) is 5.91 Å². The lowest BCUT2D eigenvalue weighted by Gasteiger charge is -2.30. The quantitative estimate of drug-likeness (QED) is 0.217. The zero-order valence-corrected chi connectivity index (χ0v) is 29.1. The van der Waals surface area contributed by atoms with Crippen LogP contribution in [-0.4, -0.2) is 76.7 Å². The van der Waals surface area contributed by atoms with Crippen LogP contribution in [-0.2, 0) is 14.8 Å². The Morgan fingerprint density at radius 3 is 2.33 bits per heavy atom. The SMILES string of the molecule is CN(C)C(=O)c1ccc(C2=CC=CC(C)(S(=O)(=O)n3ccc4cc(-c5ccc(C6CCN(C(=O)OC(C)(C)C)C6)cc5)cnc43)C2)cc1. The predicted molar refractivity (Wildman–Crippen MR) is 189 cm³/mol. The number of ether oxygens (including phenoxy) is 1. The number of pyridine rings is 1. The van der Waals surface area contributed by atoms with Crippen LogP contribution in [0.4, 0.5) is 4.79 Å². The van der Waals surface area contributed by atoms with Gasteiger partial charge in [-0.05, 0) is 87.1 Å². The van der Waals surface area contributed by atoms with E-state index in [-0.39, 0.29) is 24.3 Å². The van der Waals surface area contributed by atoms with Crippen molar-refractivity contribution in [2.75, 3.05) is 27.2 Å². The Kier molecular flexibility index (Phi) is 8.57. The van der Waals surface area contributed by atoms with E-state index in [0.717, 1.165) is 39.6 Å². The smallest absolute Gasteiger partial charge is 0.410 e. The normalized spacial score (nSPS) is 19.8. The lowest BCUT2D eigenvalue weighted by molar-refractivity contribution is 0.0292. The Morgan fingerprint density at radius 2 is 1.67 bits per heavy atom. The maximum absolute atomic E-state index is 14.2. The highest BCUT2D eigenvalue weighted by Gasteiger charge is 2.41. The summed E-state index contributed by atoms with van der Waals surface area (Å²) >= 11 is 0. The molecule has 3 heterocycles. The molecule has 0 spiro atoms. The molecule has 2 amide bonds. The number of aromatic nitrogens is 2. The molecule has 0 bridgehead atoms. The highest BCUT2D eigenvalue weighted by atomic mass is 32.2. The van der Waals surface area contributed by atoms with E-state index >= 15 is 0 Å². The fourth-order valence-corrected chi connectivity index (χ4v) is 8.01. The molecule has 9 nitrogen and oxygen atoms in total. The topological polar surface area (TPSA) is 102 Å². The predicted octanol–water partition coefficient (Wildman–Crippen LogP) is 7.11. The number of rotatable bonds is 6. The summed E-state index contributed by atoms with van der Waals surface area (Å²) in [6.45, 7) is 8.64. The molecule has 4 aromatic rings. The van der Waals surface area contributed by atoms with Crippen molar-refractivity contribution in [3.8, 4) is 11.1 Å². The van der Waals surface area contributed by atoms with Gasteiger partial charge in [0.2, 0.25) is 10.0 Å². The summed E-state index contributed by atoms with van der Waals surface area (Å²) in [4.78, 5) is 32.8. The van der Waals surface area contributed by atoms with Crippen LogP contribution in [0.2, 0.25) is 0 Å². The second kappa shape index (κ2) is 12.4. The Labute approximate surface area is 282 Å². The molecule has 0 radical (unpaired) electrons. The fourth-order valence-electron chi connectivity index (χ4n) is 6.37. The van der Waals surface area contributed by atoms with E-state index in [0.29, 0.717) is 24.3 Å². The van der Waals surface area contributed by atoms with Gasteiger partial charge in [-0.15, -0.1) is 0 Å². The molecule has 48 heavy (non-hydrogen) atoms. The van der Waals surface area contributed by atoms with Crippen molar-refractivity contribution < 1.29 is 22.7 Å². The van der Waals surface area contributed by atoms with Crippen molar-refractivity contribution in [2.24, 2.45) is 0 Å². The Morgan fingerprint density at radius 1 is 0.979 bits per heavy atom. The number of allylic oxidation sites excluding steroid dienone is 3. The fraction of sp³-hybridized carbons (Fsp3) is 0.342. The van der Waals surface area contributed by atoms with E-state index in [2.05, 4.69) is 17.1 Å². The first kappa shape index (κ1) is 33.2. The van der Waals surface area contributed by atoms with Crippen LogP contribution in [0.25, 0.3) is 27.7 Å². The van der Waals surface area contributed by atoms with E-state index in [1.165, 1.54) is 8.87 Å². The number of carbonyl (C=O) groups is 2. The molecule has 1 fully saturated rings. The Hall–Kier alpha value is -4.70. The minimum absolute atomic E-state index is 0.0871. The average molecular weight is 667 g/mol. The summed E-state index contributed by atoms with van der Waals surface area (Å²) in [6.07, 6.45) is 9.61. The molecule has 6 rings (SSSR count). The summed E-state index contributed by atoms with van der Waals surface area (Å²) in [6, 6.07) is 19.3. The molecule has 10 heteroatoms. The number of hydrogen-bond acceptors (Lipinski definition) is 6. The molecular weight excluding hydrogens is 625 g/mol. The van der Waals surface area contributed by atoms with Crippen molar-refractivity contribution in [2.45, 2.75) is 56.8 Å². The number of hydrogen-bond donors (Lipinski definition) is 0. The van der Waals surface area contributed by atoms with Crippen LogP contribution in [0.3, 0.4) is 0 Å². The third-order valence-electron chi connectivity index (χ3n) is 9.09. The van der Waals surface area contributed by atoms with Gasteiger partial charge in [0.05, 0.1) is 0 Å². The number of fused-ring (bicyclic) bond motifs is 1. The maximum atomic E-state index is 14.2. The largest absolute Gasteiger partial charge is 0.444 e. The summed E-state index contributed by atoms with van der Waals surface area (Å²) in [7, 11) is -0.487. The van der Waals surface area contributed by atoms with E-state index in [4.69, 9.17) is 4.74 Å². The minimum atomic E-state index is -3.90.